The predicted octanol–water partition coefficient (Wildman–Crippen LogP) is 3.98. The molecule has 2 heteroatoms. The molecular weight excluding hydrogens is 280 g/mol. The van der Waals surface area contributed by atoms with Crippen molar-refractivity contribution < 1.29 is 0 Å². The fraction of sp³-hybridized carbons (Fsp3) is 0.0952. The standard InChI is InChI=1S/C21H18N2/c22-15-19-13-12-18(20-10-4-5-11-21(19)20)9-6-14-23-16-17-7-2-1-3-8-17/h1-5,7-8,10-13,15,22-23H,14,16H2. The fourth-order valence-corrected chi connectivity index (χ4v) is 2.56. The van der Waals surface area contributed by atoms with E-state index in [1.165, 1.54) is 11.8 Å². The Morgan fingerprint density at radius 1 is 0.870 bits per heavy atom. The quantitative estimate of drug-likeness (QED) is 0.426. The van der Waals surface area contributed by atoms with Crippen LogP contribution in [0.15, 0.2) is 66.7 Å². The van der Waals surface area contributed by atoms with Crippen LogP contribution < -0.4 is 5.32 Å². The van der Waals surface area contributed by atoms with Gasteiger partial charge in [0.25, 0.3) is 0 Å². The zero-order valence-corrected chi connectivity index (χ0v) is 12.8. The minimum Gasteiger partial charge on any atom is -0.308 e. The van der Waals surface area contributed by atoms with Crippen LogP contribution in [0.5, 0.6) is 0 Å². The highest BCUT2D eigenvalue weighted by molar-refractivity contribution is 6.01. The van der Waals surface area contributed by atoms with Crippen molar-refractivity contribution in [2.75, 3.05) is 6.54 Å². The Morgan fingerprint density at radius 3 is 2.39 bits per heavy atom. The van der Waals surface area contributed by atoms with Gasteiger partial charge in [0.1, 0.15) is 0 Å². The maximum atomic E-state index is 7.50. The van der Waals surface area contributed by atoms with E-state index in [9.17, 15) is 0 Å². The molecule has 3 rings (SSSR count). The molecule has 0 radical (unpaired) electrons. The molecule has 2 N–H and O–H groups in total. The first-order valence-corrected chi connectivity index (χ1v) is 7.64. The predicted molar refractivity (Wildman–Crippen MR) is 96.9 cm³/mol. The van der Waals surface area contributed by atoms with Gasteiger partial charge in [-0.25, -0.2) is 0 Å². The second kappa shape index (κ2) is 7.40. The first kappa shape index (κ1) is 15.0. The molecule has 2 nitrogen and oxygen atoms in total. The molecule has 3 aromatic rings. The lowest BCUT2D eigenvalue weighted by atomic mass is 10.0. The van der Waals surface area contributed by atoms with Gasteiger partial charge in [0.2, 0.25) is 0 Å². The van der Waals surface area contributed by atoms with E-state index in [0.29, 0.717) is 6.54 Å². The van der Waals surface area contributed by atoms with Crippen molar-refractivity contribution in [1.82, 2.24) is 5.32 Å². The van der Waals surface area contributed by atoms with E-state index in [4.69, 9.17) is 5.41 Å². The molecule has 0 saturated carbocycles. The fourth-order valence-electron chi connectivity index (χ4n) is 2.56. The van der Waals surface area contributed by atoms with Gasteiger partial charge in [-0.05, 0) is 28.0 Å². The van der Waals surface area contributed by atoms with Crippen molar-refractivity contribution in [3.8, 4) is 11.8 Å². The summed E-state index contributed by atoms with van der Waals surface area (Å²) in [6.07, 6.45) is 1.39. The number of nitrogens with one attached hydrogen (secondary N) is 2. The molecule has 0 saturated heterocycles. The molecule has 112 valence electrons. The van der Waals surface area contributed by atoms with E-state index in [1.54, 1.807) is 0 Å². The molecule has 0 unspecified atom stereocenters. The van der Waals surface area contributed by atoms with E-state index < -0.39 is 0 Å². The lowest BCUT2D eigenvalue weighted by Gasteiger charge is -2.04. The molecular formula is C21H18N2. The monoisotopic (exact) mass is 298 g/mol. The minimum absolute atomic E-state index is 0.648. The van der Waals surface area contributed by atoms with Crippen LogP contribution in [0.25, 0.3) is 10.8 Å². The van der Waals surface area contributed by atoms with Gasteiger partial charge in [-0.1, -0.05) is 72.5 Å². The summed E-state index contributed by atoms with van der Waals surface area (Å²) < 4.78 is 0. The smallest absolute Gasteiger partial charge is 0.0582 e. The molecule has 0 fully saturated rings. The van der Waals surface area contributed by atoms with Crippen LogP contribution in [0, 0.1) is 17.3 Å². The Balaban J connectivity index is 1.72. The molecule has 0 atom stereocenters. The van der Waals surface area contributed by atoms with Crippen LogP contribution in [-0.2, 0) is 6.54 Å². The van der Waals surface area contributed by atoms with Crippen molar-refractivity contribution in [3.05, 3.63) is 83.4 Å². The summed E-state index contributed by atoms with van der Waals surface area (Å²) in [7, 11) is 0. The maximum Gasteiger partial charge on any atom is 0.0582 e. The van der Waals surface area contributed by atoms with Gasteiger partial charge in [-0.3, -0.25) is 0 Å². The highest BCUT2D eigenvalue weighted by atomic mass is 14.8. The zero-order chi connectivity index (χ0) is 15.9. The van der Waals surface area contributed by atoms with Crippen LogP contribution in [0.4, 0.5) is 0 Å². The van der Waals surface area contributed by atoms with Gasteiger partial charge < -0.3 is 10.7 Å². The molecule has 0 heterocycles. The van der Waals surface area contributed by atoms with E-state index >= 15 is 0 Å². The Kier molecular flexibility index (Phi) is 4.83. The molecule has 0 aromatic heterocycles. The Morgan fingerprint density at radius 2 is 1.61 bits per heavy atom. The molecule has 0 aliphatic carbocycles. The molecule has 0 bridgehead atoms. The number of rotatable bonds is 4. The van der Waals surface area contributed by atoms with Crippen LogP contribution in [0.3, 0.4) is 0 Å². The summed E-state index contributed by atoms with van der Waals surface area (Å²) in [5, 5.41) is 13.0. The average molecular weight is 298 g/mol. The summed E-state index contributed by atoms with van der Waals surface area (Å²) in [4.78, 5) is 0. The lowest BCUT2D eigenvalue weighted by Crippen LogP contribution is -2.12. The Labute approximate surface area is 136 Å². The number of hydrogen-bond acceptors (Lipinski definition) is 2. The van der Waals surface area contributed by atoms with E-state index in [2.05, 4.69) is 35.4 Å². The average Bonchev–Trinajstić information content (AvgIpc) is 2.62. The van der Waals surface area contributed by atoms with Crippen LogP contribution in [0.1, 0.15) is 16.7 Å². The molecule has 0 aliphatic rings. The first-order chi connectivity index (χ1) is 11.4. The van der Waals surface area contributed by atoms with Crippen molar-refractivity contribution in [2.45, 2.75) is 6.54 Å². The third-order valence-electron chi connectivity index (χ3n) is 3.72. The first-order valence-electron chi connectivity index (χ1n) is 7.64. The van der Waals surface area contributed by atoms with Crippen LogP contribution in [-0.4, -0.2) is 12.8 Å². The Hall–Kier alpha value is -2.89. The highest BCUT2D eigenvalue weighted by Gasteiger charge is 2.01. The second-order valence-electron chi connectivity index (χ2n) is 5.28. The topological polar surface area (TPSA) is 35.9 Å². The normalized spacial score (nSPS) is 10.1. The van der Waals surface area contributed by atoms with Gasteiger partial charge in [0.05, 0.1) is 6.54 Å². The summed E-state index contributed by atoms with van der Waals surface area (Å²) in [6, 6.07) is 22.4. The third-order valence-corrected chi connectivity index (χ3v) is 3.72. The van der Waals surface area contributed by atoms with E-state index in [-0.39, 0.29) is 0 Å². The third kappa shape index (κ3) is 3.66. The summed E-state index contributed by atoms with van der Waals surface area (Å²) in [5.41, 5.74) is 3.19. The number of hydrogen-bond donors (Lipinski definition) is 2. The van der Waals surface area contributed by atoms with E-state index in [1.807, 2.05) is 48.5 Å². The van der Waals surface area contributed by atoms with Gasteiger partial charge in [-0.2, -0.15) is 0 Å². The molecule has 0 spiro atoms. The lowest BCUT2D eigenvalue weighted by molar-refractivity contribution is 0.770. The van der Waals surface area contributed by atoms with E-state index in [0.717, 1.165) is 28.4 Å². The maximum absolute atomic E-state index is 7.50. The largest absolute Gasteiger partial charge is 0.308 e. The van der Waals surface area contributed by atoms with Crippen molar-refractivity contribution >= 4 is 17.0 Å². The van der Waals surface area contributed by atoms with Gasteiger partial charge in [0.15, 0.2) is 0 Å². The van der Waals surface area contributed by atoms with Crippen molar-refractivity contribution in [3.63, 3.8) is 0 Å². The van der Waals surface area contributed by atoms with Gasteiger partial charge in [-0.15, -0.1) is 0 Å². The molecule has 0 aliphatic heterocycles. The molecule has 3 aromatic carbocycles. The Bertz CT molecular complexity index is 870. The summed E-state index contributed by atoms with van der Waals surface area (Å²) in [6.45, 7) is 1.47. The SMILES string of the molecule is N=Cc1ccc(C#CCNCc2ccccc2)c2ccccc12. The minimum atomic E-state index is 0.648. The van der Waals surface area contributed by atoms with Gasteiger partial charge in [0, 0.05) is 18.3 Å². The molecule has 0 amide bonds. The van der Waals surface area contributed by atoms with Crippen molar-refractivity contribution in [1.29, 1.82) is 5.41 Å². The zero-order valence-electron chi connectivity index (χ0n) is 12.8. The van der Waals surface area contributed by atoms with Gasteiger partial charge >= 0.3 is 0 Å². The summed E-state index contributed by atoms with van der Waals surface area (Å²) >= 11 is 0. The van der Waals surface area contributed by atoms with Crippen LogP contribution in [0.2, 0.25) is 0 Å². The van der Waals surface area contributed by atoms with Crippen molar-refractivity contribution in [2.24, 2.45) is 0 Å². The molecule has 23 heavy (non-hydrogen) atoms. The second-order valence-corrected chi connectivity index (χ2v) is 5.28. The highest BCUT2D eigenvalue weighted by Crippen LogP contribution is 2.21. The van der Waals surface area contributed by atoms with Crippen LogP contribution >= 0.6 is 0 Å². The summed E-state index contributed by atoms with van der Waals surface area (Å²) in [5.74, 6) is 6.42. The number of fused-ring (bicyclic) bond motifs is 1. The number of benzene rings is 3.